The van der Waals surface area contributed by atoms with E-state index in [1.165, 1.54) is 0 Å². The average Bonchev–Trinajstić information content (AvgIpc) is 3.17. The maximum Gasteiger partial charge on any atom is 0.0507 e. The van der Waals surface area contributed by atoms with Crippen LogP contribution in [-0.4, -0.2) is 17.5 Å². The van der Waals surface area contributed by atoms with Crippen LogP contribution in [0.15, 0.2) is 57.8 Å². The summed E-state index contributed by atoms with van der Waals surface area (Å²) in [5.74, 6) is 27.6. The molecule has 1 heteroatoms. The van der Waals surface area contributed by atoms with Crippen LogP contribution in [0.1, 0.15) is 26.7 Å². The zero-order chi connectivity index (χ0) is 21.7. The molecule has 1 aliphatic heterocycles. The Labute approximate surface area is 180 Å². The van der Waals surface area contributed by atoms with Gasteiger partial charge in [0.1, 0.15) is 0 Å². The van der Waals surface area contributed by atoms with Crippen LogP contribution >= 0.6 is 0 Å². The van der Waals surface area contributed by atoms with Crippen LogP contribution in [0.25, 0.3) is 0 Å². The molecule has 1 atom stereocenters. The van der Waals surface area contributed by atoms with Gasteiger partial charge in [0, 0.05) is 12.5 Å². The van der Waals surface area contributed by atoms with Crippen molar-refractivity contribution in [3.8, 4) is 59.2 Å². The molecule has 1 unspecified atom stereocenters. The summed E-state index contributed by atoms with van der Waals surface area (Å²) >= 11 is 0. The zero-order valence-corrected chi connectivity index (χ0v) is 17.0. The van der Waals surface area contributed by atoms with Gasteiger partial charge in [-0.3, -0.25) is 11.7 Å². The van der Waals surface area contributed by atoms with Gasteiger partial charge in [-0.15, -0.1) is 11.7 Å². The molecular weight excluding hydrogens is 362 g/mol. The molecule has 0 radical (unpaired) electrons. The Morgan fingerprint density at radius 3 is 2.10 bits per heavy atom. The molecule has 1 fully saturated rings. The molecule has 0 saturated carbocycles. The van der Waals surface area contributed by atoms with E-state index in [1.54, 1.807) is 0 Å². The van der Waals surface area contributed by atoms with E-state index in [1.807, 2.05) is 26.5 Å². The van der Waals surface area contributed by atoms with Crippen molar-refractivity contribution in [1.29, 1.82) is 0 Å². The Hall–Kier alpha value is -4.77. The molecule has 1 aliphatic rings. The lowest BCUT2D eigenvalue weighted by Gasteiger charge is -2.23. The molecule has 1 nitrogen and oxygen atoms in total. The monoisotopic (exact) mass is 379 g/mol. The highest BCUT2D eigenvalue weighted by atomic mass is 15.2. The van der Waals surface area contributed by atoms with Gasteiger partial charge in [-0.1, -0.05) is 19.8 Å². The fourth-order valence-electron chi connectivity index (χ4n) is 2.04. The molecule has 30 heavy (non-hydrogen) atoms. The van der Waals surface area contributed by atoms with Crippen LogP contribution in [0.4, 0.5) is 0 Å². The standard InChI is InChI=1S/C29H17N/c1-4-5-6-7-8-12-15-18-21-26-30-27-22-25-29(30)24-20-17-14-11-9-10-13-16-19-23-28(2)3/h1,24,26,28-29H,22,25,27H2,2-3H3/q-2. The number of rotatable bonds is 2. The Balaban J connectivity index is 2.65. The van der Waals surface area contributed by atoms with E-state index in [4.69, 9.17) is 6.58 Å². The third-order valence-corrected chi connectivity index (χ3v) is 3.24. The lowest BCUT2D eigenvalue weighted by Crippen LogP contribution is -2.23. The van der Waals surface area contributed by atoms with Gasteiger partial charge in [-0.25, -0.2) is 18.2 Å². The van der Waals surface area contributed by atoms with Crippen molar-refractivity contribution in [3.63, 3.8) is 0 Å². The smallest absolute Gasteiger partial charge is 0.0507 e. The molecule has 0 N–H and O–H groups in total. The van der Waals surface area contributed by atoms with Crippen molar-refractivity contribution in [1.82, 2.24) is 4.90 Å². The van der Waals surface area contributed by atoms with E-state index in [2.05, 4.69) is 116 Å². The first-order valence-corrected chi connectivity index (χ1v) is 9.13. The Morgan fingerprint density at radius 2 is 1.43 bits per heavy atom. The van der Waals surface area contributed by atoms with Crippen LogP contribution < -0.4 is 0 Å². The summed E-state index contributed by atoms with van der Waals surface area (Å²) in [6.07, 6.45) is 5.86. The summed E-state index contributed by atoms with van der Waals surface area (Å²) < 4.78 is 0. The molecule has 0 amide bonds. The van der Waals surface area contributed by atoms with Gasteiger partial charge in [0.2, 0.25) is 0 Å². The minimum atomic E-state index is 0.219. The topological polar surface area (TPSA) is 3.24 Å². The molecule has 0 aromatic carbocycles. The zero-order valence-electron chi connectivity index (χ0n) is 17.0. The van der Waals surface area contributed by atoms with Gasteiger partial charge < -0.3 is 4.90 Å². The van der Waals surface area contributed by atoms with E-state index in [0.717, 1.165) is 19.4 Å². The van der Waals surface area contributed by atoms with Gasteiger partial charge >= 0.3 is 0 Å². The number of likely N-dealkylation sites (tertiary alicyclic amines) is 1. The second-order valence-electron chi connectivity index (χ2n) is 5.85. The van der Waals surface area contributed by atoms with Gasteiger partial charge in [-0.2, -0.15) is 6.42 Å². The lowest BCUT2D eigenvalue weighted by atomic mass is 10.1. The summed E-state index contributed by atoms with van der Waals surface area (Å²) in [6, 6.07) is 0.219. The Morgan fingerprint density at radius 1 is 0.833 bits per heavy atom. The fourth-order valence-corrected chi connectivity index (χ4v) is 2.04. The van der Waals surface area contributed by atoms with E-state index in [9.17, 15) is 0 Å². The highest BCUT2D eigenvalue weighted by molar-refractivity contribution is 5.43. The third kappa shape index (κ3) is 12.6. The molecular formula is C29H17N-2. The first kappa shape index (κ1) is 23.3. The van der Waals surface area contributed by atoms with Gasteiger partial charge in [0.05, 0.1) is 6.20 Å². The van der Waals surface area contributed by atoms with Crippen LogP contribution in [0.5, 0.6) is 0 Å². The first-order valence-electron chi connectivity index (χ1n) is 9.13. The largest absolute Gasteiger partial charge is 0.380 e. The summed E-state index contributed by atoms with van der Waals surface area (Å²) in [7, 11) is 0. The van der Waals surface area contributed by atoms with Crippen LogP contribution in [0.3, 0.4) is 0 Å². The summed E-state index contributed by atoms with van der Waals surface area (Å²) in [5, 5.41) is 0. The van der Waals surface area contributed by atoms with Crippen molar-refractivity contribution < 1.29 is 0 Å². The first-order chi connectivity index (χ1) is 14.7. The summed E-state index contributed by atoms with van der Waals surface area (Å²) in [4.78, 5) is 2.13. The predicted octanol–water partition coefficient (Wildman–Crippen LogP) is 3.67. The maximum atomic E-state index is 4.97. The minimum Gasteiger partial charge on any atom is -0.380 e. The van der Waals surface area contributed by atoms with Crippen molar-refractivity contribution in [2.24, 2.45) is 5.92 Å². The highest BCUT2D eigenvalue weighted by Crippen LogP contribution is 2.18. The average molecular weight is 379 g/mol. The second-order valence-corrected chi connectivity index (χ2v) is 5.85. The van der Waals surface area contributed by atoms with Crippen molar-refractivity contribution >= 4 is 0 Å². The molecule has 0 spiro atoms. The van der Waals surface area contributed by atoms with Crippen LogP contribution in [0, 0.1) is 78.1 Å². The van der Waals surface area contributed by atoms with Crippen molar-refractivity contribution in [2.45, 2.75) is 32.7 Å². The molecule has 0 aliphatic carbocycles. The minimum absolute atomic E-state index is 0.219. The SMILES string of the molecule is [CH-]=C=C=C=C=C=C=C=C=C=CN1CCCC1[CH-]C#CC#CC#CC#CC#CC(C)C. The number of hydrogen-bond donors (Lipinski definition) is 0. The van der Waals surface area contributed by atoms with Gasteiger partial charge in [0.15, 0.2) is 0 Å². The third-order valence-electron chi connectivity index (χ3n) is 3.24. The van der Waals surface area contributed by atoms with E-state index < -0.39 is 0 Å². The van der Waals surface area contributed by atoms with Gasteiger partial charge in [0.25, 0.3) is 0 Å². The molecule has 1 heterocycles. The van der Waals surface area contributed by atoms with Crippen LogP contribution in [-0.2, 0) is 0 Å². The van der Waals surface area contributed by atoms with Crippen molar-refractivity contribution in [3.05, 3.63) is 70.8 Å². The van der Waals surface area contributed by atoms with E-state index in [0.29, 0.717) is 5.92 Å². The molecule has 140 valence electrons. The molecule has 0 aromatic heterocycles. The molecule has 0 aromatic rings. The second kappa shape index (κ2) is 16.4. The normalized spacial score (nSPS) is 11.4. The molecule has 0 bridgehead atoms. The van der Waals surface area contributed by atoms with Crippen LogP contribution in [0.2, 0.25) is 0 Å². The Kier molecular flexibility index (Phi) is 12.7. The summed E-state index contributed by atoms with van der Waals surface area (Å²) in [5.41, 5.74) is 23.0. The highest BCUT2D eigenvalue weighted by Gasteiger charge is 2.16. The fraction of sp³-hybridized carbons (Fsp3) is 0.241. The van der Waals surface area contributed by atoms with E-state index in [-0.39, 0.29) is 6.04 Å². The molecule has 1 rings (SSSR count). The number of nitrogens with zero attached hydrogens (tertiary/aromatic N) is 1. The number of hydrogen-bond acceptors (Lipinski definition) is 1. The predicted molar refractivity (Wildman–Crippen MR) is 118 cm³/mol. The quantitative estimate of drug-likeness (QED) is 0.402. The van der Waals surface area contributed by atoms with Crippen molar-refractivity contribution in [2.75, 3.05) is 6.54 Å². The summed E-state index contributed by atoms with van der Waals surface area (Å²) in [6.45, 7) is 9.92. The maximum absolute atomic E-state index is 4.97. The lowest BCUT2D eigenvalue weighted by molar-refractivity contribution is 0.391. The Bertz CT molecular complexity index is 1290. The van der Waals surface area contributed by atoms with Gasteiger partial charge in [-0.05, 0) is 88.8 Å². The molecule has 1 saturated heterocycles. The van der Waals surface area contributed by atoms with E-state index >= 15 is 0 Å².